The van der Waals surface area contributed by atoms with Crippen LogP contribution in [0.5, 0.6) is 0 Å². The van der Waals surface area contributed by atoms with Crippen molar-refractivity contribution in [1.29, 1.82) is 0 Å². The molecule has 33 heavy (non-hydrogen) atoms. The van der Waals surface area contributed by atoms with E-state index >= 15 is 0 Å². The van der Waals surface area contributed by atoms with Gasteiger partial charge in [-0.3, -0.25) is 4.79 Å². The lowest BCUT2D eigenvalue weighted by Gasteiger charge is -2.67. The number of aliphatic hydroxyl groups excluding tert-OH is 1. The molecule has 3 saturated heterocycles. The van der Waals surface area contributed by atoms with Gasteiger partial charge in [0.2, 0.25) is 5.60 Å². The molecule has 6 rings (SSSR count). The predicted molar refractivity (Wildman–Crippen MR) is 112 cm³/mol. The molecule has 3 bridgehead atoms. The van der Waals surface area contributed by atoms with Crippen LogP contribution in [-0.4, -0.2) is 57.6 Å². The van der Waals surface area contributed by atoms with Gasteiger partial charge in [0.05, 0.1) is 5.41 Å². The molecule has 8 atom stereocenters. The van der Waals surface area contributed by atoms with Crippen LogP contribution in [-0.2, 0) is 33.3 Å². The van der Waals surface area contributed by atoms with Crippen molar-refractivity contribution in [3.63, 3.8) is 0 Å². The fourth-order valence-corrected chi connectivity index (χ4v) is 8.44. The summed E-state index contributed by atoms with van der Waals surface area (Å²) >= 11 is 0. The molecule has 2 aliphatic carbocycles. The number of rotatable bonds is 0. The van der Waals surface area contributed by atoms with Crippen molar-refractivity contribution < 1.29 is 38.4 Å². The minimum atomic E-state index is -1.80. The highest BCUT2D eigenvalue weighted by atomic mass is 16.7. The number of cyclic esters (lactones) is 2. The Morgan fingerprint density at radius 3 is 2.27 bits per heavy atom. The molecule has 0 aromatic rings. The second kappa shape index (κ2) is 5.13. The molecule has 0 aromatic heterocycles. The minimum absolute atomic E-state index is 0.292. The van der Waals surface area contributed by atoms with Crippen molar-refractivity contribution in [2.24, 2.45) is 16.2 Å². The van der Waals surface area contributed by atoms with Gasteiger partial charge in [0.1, 0.15) is 28.8 Å². The molecule has 6 aliphatic rings. The third-order valence-corrected chi connectivity index (χ3v) is 10.2. The van der Waals surface area contributed by atoms with Crippen LogP contribution in [0.3, 0.4) is 0 Å². The van der Waals surface area contributed by atoms with Crippen LogP contribution in [0.25, 0.3) is 0 Å². The fraction of sp³-hybridized carbons (Fsp3) is 0.640. The molecule has 0 aromatic carbocycles. The van der Waals surface area contributed by atoms with Crippen molar-refractivity contribution in [2.75, 3.05) is 0 Å². The van der Waals surface area contributed by atoms with Gasteiger partial charge in [-0.1, -0.05) is 26.2 Å². The van der Waals surface area contributed by atoms with E-state index in [4.69, 9.17) is 18.9 Å². The Kier molecular flexibility index (Phi) is 3.28. The van der Waals surface area contributed by atoms with Crippen LogP contribution in [0.4, 0.5) is 0 Å². The van der Waals surface area contributed by atoms with Crippen LogP contribution >= 0.6 is 0 Å². The van der Waals surface area contributed by atoms with Gasteiger partial charge in [-0.05, 0) is 51.7 Å². The minimum Gasteiger partial charge on any atom is -0.458 e. The average Bonchev–Trinajstić information content (AvgIpc) is 3.04. The smallest absolute Gasteiger partial charge is 0.344 e. The molecule has 4 heterocycles. The molecular formula is C25H28O8. The Morgan fingerprint density at radius 1 is 0.970 bits per heavy atom. The van der Waals surface area contributed by atoms with Crippen molar-refractivity contribution in [2.45, 2.75) is 82.1 Å². The number of carbonyl (C=O) groups is 3. The average molecular weight is 456 g/mol. The predicted octanol–water partition coefficient (Wildman–Crippen LogP) is 1.91. The zero-order valence-corrected chi connectivity index (χ0v) is 19.4. The van der Waals surface area contributed by atoms with E-state index in [1.54, 1.807) is 33.8 Å². The number of hydrogen-bond donors (Lipinski definition) is 1. The third kappa shape index (κ3) is 1.54. The highest BCUT2D eigenvalue weighted by Gasteiger charge is 2.98. The zero-order valence-electron chi connectivity index (χ0n) is 19.4. The quantitative estimate of drug-likeness (QED) is 0.335. The number of esters is 3. The first-order valence-electron chi connectivity index (χ1n) is 11.3. The van der Waals surface area contributed by atoms with E-state index < -0.39 is 68.8 Å². The number of aliphatic hydroxyl groups is 1. The lowest BCUT2D eigenvalue weighted by molar-refractivity contribution is -0.231. The molecule has 1 N–H and O–H groups in total. The molecule has 2 spiro atoms. The highest BCUT2D eigenvalue weighted by Crippen LogP contribution is 2.84. The first-order valence-corrected chi connectivity index (χ1v) is 11.3. The van der Waals surface area contributed by atoms with E-state index in [-0.39, 0.29) is 0 Å². The van der Waals surface area contributed by atoms with Gasteiger partial charge in [0.25, 0.3) is 0 Å². The van der Waals surface area contributed by atoms with Gasteiger partial charge in [-0.2, -0.15) is 0 Å². The summed E-state index contributed by atoms with van der Waals surface area (Å²) in [7, 11) is 0. The Labute approximate surface area is 191 Å². The summed E-state index contributed by atoms with van der Waals surface area (Å²) in [4.78, 5) is 39.5. The highest BCUT2D eigenvalue weighted by molar-refractivity contribution is 6.02. The van der Waals surface area contributed by atoms with Gasteiger partial charge in [-0.25, -0.2) is 9.59 Å². The Balaban J connectivity index is 1.72. The van der Waals surface area contributed by atoms with Crippen LogP contribution in [0.1, 0.15) is 47.5 Å². The number of ether oxygens (including phenoxy) is 4. The molecule has 4 aliphatic heterocycles. The summed E-state index contributed by atoms with van der Waals surface area (Å²) in [5, 5.41) is 12.0. The van der Waals surface area contributed by atoms with E-state index in [1.165, 1.54) is 6.08 Å². The Hall–Kier alpha value is -2.45. The second-order valence-corrected chi connectivity index (χ2v) is 11.3. The van der Waals surface area contributed by atoms with Crippen molar-refractivity contribution in [3.05, 3.63) is 36.5 Å². The molecule has 2 saturated carbocycles. The Bertz CT molecular complexity index is 1150. The molecule has 8 heteroatoms. The molecule has 0 amide bonds. The van der Waals surface area contributed by atoms with E-state index in [1.807, 2.05) is 6.92 Å². The summed E-state index contributed by atoms with van der Waals surface area (Å²) < 4.78 is 24.0. The molecule has 0 radical (unpaired) electrons. The van der Waals surface area contributed by atoms with Crippen molar-refractivity contribution in [1.82, 2.24) is 0 Å². The van der Waals surface area contributed by atoms with Gasteiger partial charge >= 0.3 is 17.9 Å². The standard InChI is InChI=1S/C25H28O8/c1-12-21(7)16(27)24-13(2)22(9-8-15(26)31-19(22,4)5)11-10-20(24,6)23(12)17(28)30-14(3)25(23,33-24)18(29)32-21/h8-9,14,16,27H,1-2,10-11H2,3-7H3/t14-,16-,20-,21+,22+,23+,24+,25?/m1/s1. The van der Waals surface area contributed by atoms with Crippen LogP contribution in [0.15, 0.2) is 36.5 Å². The largest absolute Gasteiger partial charge is 0.458 e. The molecule has 176 valence electrons. The summed E-state index contributed by atoms with van der Waals surface area (Å²) in [6.45, 7) is 17.3. The maximum Gasteiger partial charge on any atom is 0.344 e. The number of fused-ring (bicyclic) bond motifs is 1. The maximum absolute atomic E-state index is 13.7. The Morgan fingerprint density at radius 2 is 1.64 bits per heavy atom. The van der Waals surface area contributed by atoms with Gasteiger partial charge in [0.15, 0.2) is 5.60 Å². The van der Waals surface area contributed by atoms with Crippen molar-refractivity contribution in [3.8, 4) is 0 Å². The van der Waals surface area contributed by atoms with E-state index in [9.17, 15) is 19.5 Å². The van der Waals surface area contributed by atoms with E-state index in [0.29, 0.717) is 24.0 Å². The topological polar surface area (TPSA) is 108 Å². The number of carbonyl (C=O) groups excluding carboxylic acids is 3. The molecule has 5 fully saturated rings. The van der Waals surface area contributed by atoms with Crippen LogP contribution < -0.4 is 0 Å². The lowest BCUT2D eigenvalue weighted by atomic mass is 9.35. The summed E-state index contributed by atoms with van der Waals surface area (Å²) in [5.74, 6) is -1.80. The van der Waals surface area contributed by atoms with Crippen molar-refractivity contribution >= 4 is 17.9 Å². The van der Waals surface area contributed by atoms with E-state index in [0.717, 1.165) is 0 Å². The van der Waals surface area contributed by atoms with Crippen LogP contribution in [0.2, 0.25) is 0 Å². The monoisotopic (exact) mass is 456 g/mol. The first-order chi connectivity index (χ1) is 15.2. The van der Waals surface area contributed by atoms with Gasteiger partial charge < -0.3 is 24.1 Å². The maximum atomic E-state index is 13.7. The van der Waals surface area contributed by atoms with E-state index in [2.05, 4.69) is 13.2 Å². The summed E-state index contributed by atoms with van der Waals surface area (Å²) in [5.41, 5.74) is -8.79. The SMILES string of the molecule is C=C1[C@@]23C(=O)O[C@H](C)C24O[C@@]2(C(=C)[C@]5(C=CC(=O)OC5(C)C)CC[C@]32C)[C@H](O)[C@@]1(C)OC4=O. The first kappa shape index (κ1) is 21.1. The fourth-order valence-electron chi connectivity index (χ4n) is 8.44. The molecule has 1 unspecified atom stereocenters. The summed E-state index contributed by atoms with van der Waals surface area (Å²) in [6, 6.07) is 0. The van der Waals surface area contributed by atoms with Gasteiger partial charge in [-0.15, -0.1) is 0 Å². The summed E-state index contributed by atoms with van der Waals surface area (Å²) in [6.07, 6.45) is 1.59. The third-order valence-electron chi connectivity index (χ3n) is 10.2. The molecule has 8 nitrogen and oxygen atoms in total. The zero-order chi connectivity index (χ0) is 24.2. The van der Waals surface area contributed by atoms with Gasteiger partial charge in [0, 0.05) is 11.5 Å². The lowest BCUT2D eigenvalue weighted by Crippen LogP contribution is -2.79. The normalized spacial score (nSPS) is 55.3. The van der Waals surface area contributed by atoms with Crippen LogP contribution in [0, 0.1) is 16.2 Å². The molecular weight excluding hydrogens is 428 g/mol. The second-order valence-electron chi connectivity index (χ2n) is 11.3. The number of hydrogen-bond acceptors (Lipinski definition) is 8.